The number of rotatable bonds is 5. The molecule has 1 aromatic heterocycles. The van der Waals surface area contributed by atoms with Crippen molar-refractivity contribution in [1.82, 2.24) is 15.5 Å². The van der Waals surface area contributed by atoms with Crippen LogP contribution in [-0.2, 0) is 6.54 Å². The number of benzene rings is 1. The van der Waals surface area contributed by atoms with Crippen molar-refractivity contribution in [3.63, 3.8) is 0 Å². The zero-order valence-corrected chi connectivity index (χ0v) is 11.3. The van der Waals surface area contributed by atoms with Crippen molar-refractivity contribution in [2.45, 2.75) is 26.4 Å². The van der Waals surface area contributed by atoms with Crippen LogP contribution < -0.4 is 10.1 Å². The summed E-state index contributed by atoms with van der Waals surface area (Å²) in [4.78, 5) is 0. The molecular formula is C14H18FN3O. The molecule has 0 fully saturated rings. The van der Waals surface area contributed by atoms with E-state index in [1.165, 1.54) is 12.1 Å². The van der Waals surface area contributed by atoms with E-state index in [2.05, 4.69) is 15.5 Å². The van der Waals surface area contributed by atoms with Crippen LogP contribution in [-0.4, -0.2) is 17.3 Å². The zero-order valence-electron chi connectivity index (χ0n) is 11.3. The van der Waals surface area contributed by atoms with Crippen LogP contribution in [0.3, 0.4) is 0 Å². The Morgan fingerprint density at radius 1 is 1.47 bits per heavy atom. The molecule has 4 nitrogen and oxygen atoms in total. The fourth-order valence-electron chi connectivity index (χ4n) is 1.97. The molecule has 1 unspecified atom stereocenters. The summed E-state index contributed by atoms with van der Waals surface area (Å²) >= 11 is 0. The Morgan fingerprint density at radius 2 is 2.26 bits per heavy atom. The molecular weight excluding hydrogens is 245 g/mol. The Hall–Kier alpha value is -1.88. The van der Waals surface area contributed by atoms with Crippen molar-refractivity contribution in [3.05, 3.63) is 47.0 Å². The lowest BCUT2D eigenvalue weighted by molar-refractivity contribution is 0.399. The van der Waals surface area contributed by atoms with Gasteiger partial charge in [0.15, 0.2) is 0 Å². The minimum absolute atomic E-state index is 0.0139. The minimum Gasteiger partial charge on any atom is -0.496 e. The fraction of sp³-hybridized carbons (Fsp3) is 0.357. The number of H-pyrrole nitrogens is 1. The monoisotopic (exact) mass is 263 g/mol. The lowest BCUT2D eigenvalue weighted by atomic mass is 10.1. The summed E-state index contributed by atoms with van der Waals surface area (Å²) in [5, 5.41) is 10.2. The van der Waals surface area contributed by atoms with Crippen molar-refractivity contribution < 1.29 is 9.13 Å². The number of ether oxygens (including phenoxy) is 1. The molecule has 0 saturated carbocycles. The van der Waals surface area contributed by atoms with Gasteiger partial charge in [-0.05, 0) is 32.0 Å². The average Bonchev–Trinajstić information content (AvgIpc) is 2.81. The first-order valence-electron chi connectivity index (χ1n) is 6.17. The normalized spacial score (nSPS) is 12.4. The molecule has 102 valence electrons. The molecule has 0 amide bonds. The van der Waals surface area contributed by atoms with Crippen LogP contribution in [0.1, 0.15) is 29.8 Å². The summed E-state index contributed by atoms with van der Waals surface area (Å²) in [6.07, 6.45) is 1.79. The maximum Gasteiger partial charge on any atom is 0.123 e. The van der Waals surface area contributed by atoms with E-state index in [1.54, 1.807) is 19.4 Å². The van der Waals surface area contributed by atoms with Crippen molar-refractivity contribution in [1.29, 1.82) is 0 Å². The summed E-state index contributed by atoms with van der Waals surface area (Å²) in [5.41, 5.74) is 2.94. The Labute approximate surface area is 112 Å². The molecule has 2 rings (SSSR count). The highest BCUT2D eigenvalue weighted by Crippen LogP contribution is 2.26. The third-order valence-electron chi connectivity index (χ3n) is 3.19. The molecule has 1 atom stereocenters. The number of nitrogens with one attached hydrogen (secondary N) is 2. The molecule has 2 aromatic rings. The lowest BCUT2D eigenvalue weighted by Gasteiger charge is -2.17. The van der Waals surface area contributed by atoms with E-state index in [4.69, 9.17) is 4.74 Å². The second-order valence-corrected chi connectivity index (χ2v) is 4.51. The first-order valence-corrected chi connectivity index (χ1v) is 6.17. The highest BCUT2D eigenvalue weighted by atomic mass is 19.1. The van der Waals surface area contributed by atoms with Gasteiger partial charge in [-0.1, -0.05) is 0 Å². The SMILES string of the molecule is COc1ccc(F)cc1C(C)NCc1cn[nH]c1C. The van der Waals surface area contributed by atoms with Gasteiger partial charge >= 0.3 is 0 Å². The summed E-state index contributed by atoms with van der Waals surface area (Å²) < 4.78 is 18.6. The van der Waals surface area contributed by atoms with Gasteiger partial charge in [-0.3, -0.25) is 5.10 Å². The van der Waals surface area contributed by atoms with Crippen molar-refractivity contribution in [2.24, 2.45) is 0 Å². The molecule has 0 aliphatic heterocycles. The van der Waals surface area contributed by atoms with Crippen molar-refractivity contribution in [2.75, 3.05) is 7.11 Å². The van der Waals surface area contributed by atoms with E-state index in [0.29, 0.717) is 12.3 Å². The van der Waals surface area contributed by atoms with Crippen LogP contribution in [0.2, 0.25) is 0 Å². The van der Waals surface area contributed by atoms with Gasteiger partial charge in [-0.25, -0.2) is 4.39 Å². The zero-order chi connectivity index (χ0) is 13.8. The lowest BCUT2D eigenvalue weighted by Crippen LogP contribution is -2.19. The highest BCUT2D eigenvalue weighted by molar-refractivity contribution is 5.36. The van der Waals surface area contributed by atoms with E-state index in [9.17, 15) is 4.39 Å². The summed E-state index contributed by atoms with van der Waals surface area (Å²) in [6, 6.07) is 4.53. The smallest absolute Gasteiger partial charge is 0.123 e. The molecule has 19 heavy (non-hydrogen) atoms. The Kier molecular flexibility index (Phi) is 4.16. The van der Waals surface area contributed by atoms with Crippen LogP contribution in [0.4, 0.5) is 4.39 Å². The van der Waals surface area contributed by atoms with Crippen LogP contribution in [0.5, 0.6) is 5.75 Å². The maximum atomic E-state index is 13.3. The highest BCUT2D eigenvalue weighted by Gasteiger charge is 2.12. The largest absolute Gasteiger partial charge is 0.496 e. The van der Waals surface area contributed by atoms with Crippen molar-refractivity contribution >= 4 is 0 Å². The van der Waals surface area contributed by atoms with Crippen LogP contribution in [0.25, 0.3) is 0 Å². The molecule has 0 saturated heterocycles. The maximum absolute atomic E-state index is 13.3. The number of hydrogen-bond donors (Lipinski definition) is 2. The van der Waals surface area contributed by atoms with Crippen LogP contribution >= 0.6 is 0 Å². The van der Waals surface area contributed by atoms with Crippen LogP contribution in [0, 0.1) is 12.7 Å². The summed E-state index contributed by atoms with van der Waals surface area (Å²) in [7, 11) is 1.59. The minimum atomic E-state index is -0.260. The number of methoxy groups -OCH3 is 1. The molecule has 0 aliphatic carbocycles. The van der Waals surface area contributed by atoms with E-state index < -0.39 is 0 Å². The fourth-order valence-corrected chi connectivity index (χ4v) is 1.97. The second-order valence-electron chi connectivity index (χ2n) is 4.51. The molecule has 0 radical (unpaired) electrons. The second kappa shape index (κ2) is 5.84. The Morgan fingerprint density at radius 3 is 2.89 bits per heavy atom. The van der Waals surface area contributed by atoms with Gasteiger partial charge in [-0.2, -0.15) is 5.10 Å². The number of nitrogens with zero attached hydrogens (tertiary/aromatic N) is 1. The number of aromatic nitrogens is 2. The molecule has 0 spiro atoms. The quantitative estimate of drug-likeness (QED) is 0.872. The van der Waals surface area contributed by atoms with Gasteiger partial charge in [-0.15, -0.1) is 0 Å². The number of hydrogen-bond acceptors (Lipinski definition) is 3. The van der Waals surface area contributed by atoms with E-state index in [0.717, 1.165) is 16.8 Å². The molecule has 1 aromatic carbocycles. The van der Waals surface area contributed by atoms with E-state index >= 15 is 0 Å². The molecule has 0 bridgehead atoms. The van der Waals surface area contributed by atoms with E-state index in [1.807, 2.05) is 13.8 Å². The van der Waals surface area contributed by atoms with Gasteiger partial charge < -0.3 is 10.1 Å². The van der Waals surface area contributed by atoms with Gasteiger partial charge in [0.25, 0.3) is 0 Å². The summed E-state index contributed by atoms with van der Waals surface area (Å²) in [6.45, 7) is 4.62. The average molecular weight is 263 g/mol. The van der Waals surface area contributed by atoms with Gasteiger partial charge in [0, 0.05) is 29.4 Å². The molecule has 1 heterocycles. The molecule has 2 N–H and O–H groups in total. The molecule has 0 aliphatic rings. The Bertz CT molecular complexity index is 553. The first-order chi connectivity index (χ1) is 9.11. The van der Waals surface area contributed by atoms with Gasteiger partial charge in [0.2, 0.25) is 0 Å². The van der Waals surface area contributed by atoms with Gasteiger partial charge in [0.1, 0.15) is 11.6 Å². The third-order valence-corrected chi connectivity index (χ3v) is 3.19. The number of aryl methyl sites for hydroxylation is 1. The number of aromatic amines is 1. The molecule has 5 heteroatoms. The van der Waals surface area contributed by atoms with Crippen molar-refractivity contribution in [3.8, 4) is 5.75 Å². The predicted octanol–water partition coefficient (Wildman–Crippen LogP) is 2.72. The van der Waals surface area contributed by atoms with E-state index in [-0.39, 0.29) is 11.9 Å². The standard InChI is InChI=1S/C14H18FN3O/c1-9-11(8-17-18-9)7-16-10(2)13-6-12(15)4-5-14(13)19-3/h4-6,8,10,16H,7H2,1-3H3,(H,17,18). The summed E-state index contributed by atoms with van der Waals surface area (Å²) in [5.74, 6) is 0.425. The first kappa shape index (κ1) is 13.5. The van der Waals surface area contributed by atoms with Gasteiger partial charge in [0.05, 0.1) is 13.3 Å². The number of halogens is 1. The third kappa shape index (κ3) is 3.12. The topological polar surface area (TPSA) is 49.9 Å². The Balaban J connectivity index is 2.09. The predicted molar refractivity (Wildman–Crippen MR) is 71.5 cm³/mol. The van der Waals surface area contributed by atoms with Crippen LogP contribution in [0.15, 0.2) is 24.4 Å².